The largest absolute Gasteiger partial charge is 0.481 e. The average Bonchev–Trinajstić information content (AvgIpc) is 3.13. The second-order valence-electron chi connectivity index (χ2n) is 3.43. The zero-order chi connectivity index (χ0) is 15.0. The standard InChI is InChI=1S/C3H7ClO.C3H6O2.2C3H6O/c1-3(4)2-5;1-2-3(4)5;1-3-2-4-3;1-2-3-4/h3,5H,2H2,1H3;2H2,1H3,(H,4,5);2*3H,2H2,1H3. The van der Waals surface area contributed by atoms with E-state index in [-0.39, 0.29) is 18.4 Å². The minimum atomic E-state index is -0.745. The molecular weight excluding hydrogens is 260 g/mol. The molecule has 0 radical (unpaired) electrons. The Morgan fingerprint density at radius 3 is 1.78 bits per heavy atom. The van der Waals surface area contributed by atoms with E-state index in [0.29, 0.717) is 12.5 Å². The zero-order valence-electron chi connectivity index (χ0n) is 11.6. The number of halogens is 1. The molecule has 6 heteroatoms. The van der Waals surface area contributed by atoms with Crippen molar-refractivity contribution in [1.82, 2.24) is 0 Å². The molecule has 1 fully saturated rings. The number of aliphatic hydroxyl groups excluding tert-OH is 1. The summed E-state index contributed by atoms with van der Waals surface area (Å²) in [4.78, 5) is 18.5. The van der Waals surface area contributed by atoms with E-state index in [2.05, 4.69) is 6.92 Å². The van der Waals surface area contributed by atoms with Crippen molar-refractivity contribution in [3.05, 3.63) is 0 Å². The summed E-state index contributed by atoms with van der Waals surface area (Å²) >= 11 is 5.21. The smallest absolute Gasteiger partial charge is 0.303 e. The average molecular weight is 285 g/mol. The van der Waals surface area contributed by atoms with Gasteiger partial charge in [0.2, 0.25) is 0 Å². The van der Waals surface area contributed by atoms with E-state index in [4.69, 9.17) is 26.6 Å². The molecule has 0 amide bonds. The van der Waals surface area contributed by atoms with Crippen LogP contribution in [0, 0.1) is 0 Å². The van der Waals surface area contributed by atoms with Crippen molar-refractivity contribution in [2.45, 2.75) is 52.0 Å². The fourth-order valence-electron chi connectivity index (χ4n) is 0.0962. The molecule has 1 aliphatic heterocycles. The van der Waals surface area contributed by atoms with Crippen molar-refractivity contribution in [2.24, 2.45) is 0 Å². The number of ether oxygens (including phenoxy) is 1. The Kier molecular flexibility index (Phi) is 23.4. The van der Waals surface area contributed by atoms with Gasteiger partial charge in [0, 0.05) is 12.8 Å². The number of hydrogen-bond acceptors (Lipinski definition) is 4. The number of rotatable bonds is 3. The summed E-state index contributed by atoms with van der Waals surface area (Å²) in [5.74, 6) is -0.745. The van der Waals surface area contributed by atoms with E-state index in [1.54, 1.807) is 13.8 Å². The van der Waals surface area contributed by atoms with Gasteiger partial charge in [0.05, 0.1) is 24.7 Å². The molecule has 0 aromatic heterocycles. The maximum Gasteiger partial charge on any atom is 0.303 e. The van der Waals surface area contributed by atoms with E-state index in [1.807, 2.05) is 6.92 Å². The highest BCUT2D eigenvalue weighted by Gasteiger charge is 2.13. The summed E-state index contributed by atoms with van der Waals surface area (Å²) in [7, 11) is 0. The second kappa shape index (κ2) is 18.7. The van der Waals surface area contributed by atoms with Crippen LogP contribution < -0.4 is 0 Å². The van der Waals surface area contributed by atoms with Crippen molar-refractivity contribution in [3.63, 3.8) is 0 Å². The highest BCUT2D eigenvalue weighted by atomic mass is 35.5. The highest BCUT2D eigenvalue weighted by molar-refractivity contribution is 6.20. The Hall–Kier alpha value is -0.650. The Bertz CT molecular complexity index is 181. The third-order valence-electron chi connectivity index (χ3n) is 1.22. The number of epoxide rings is 1. The Morgan fingerprint density at radius 1 is 1.56 bits per heavy atom. The predicted octanol–water partition coefficient (Wildman–Crippen LogP) is 2.09. The molecule has 0 bridgehead atoms. The number of carboxylic acid groups (broad SMARTS) is 1. The van der Waals surface area contributed by atoms with E-state index in [9.17, 15) is 9.59 Å². The van der Waals surface area contributed by atoms with Crippen LogP contribution in [0.5, 0.6) is 0 Å². The van der Waals surface area contributed by atoms with Gasteiger partial charge in [-0.2, -0.15) is 0 Å². The molecule has 0 aromatic rings. The van der Waals surface area contributed by atoms with E-state index < -0.39 is 5.97 Å². The fraction of sp³-hybridized carbons (Fsp3) is 0.833. The highest BCUT2D eigenvalue weighted by Crippen LogP contribution is 2.04. The molecule has 2 atom stereocenters. The Balaban J connectivity index is -0.000000167. The van der Waals surface area contributed by atoms with Crippen LogP contribution in [0.3, 0.4) is 0 Å². The van der Waals surface area contributed by atoms with Crippen LogP contribution in [-0.4, -0.2) is 47.2 Å². The summed E-state index contributed by atoms with van der Waals surface area (Å²) in [6.45, 7) is 8.26. The monoisotopic (exact) mass is 284 g/mol. The topological polar surface area (TPSA) is 87.1 Å². The molecule has 2 unspecified atom stereocenters. The van der Waals surface area contributed by atoms with E-state index in [0.717, 1.165) is 12.9 Å². The quantitative estimate of drug-likeness (QED) is 0.471. The van der Waals surface area contributed by atoms with Gasteiger partial charge in [-0.15, -0.1) is 11.6 Å². The van der Waals surface area contributed by atoms with Crippen molar-refractivity contribution < 1.29 is 24.5 Å². The predicted molar refractivity (Wildman–Crippen MR) is 72.1 cm³/mol. The summed E-state index contributed by atoms with van der Waals surface area (Å²) in [6.07, 6.45) is 2.32. The lowest BCUT2D eigenvalue weighted by Gasteiger charge is -1.87. The summed E-state index contributed by atoms with van der Waals surface area (Å²) < 4.78 is 4.71. The first-order valence-electron chi connectivity index (χ1n) is 5.87. The van der Waals surface area contributed by atoms with Gasteiger partial charge in [0.15, 0.2) is 0 Å². The number of carbonyl (C=O) groups is 2. The number of aliphatic carboxylic acids is 1. The molecule has 1 aliphatic rings. The minimum absolute atomic E-state index is 0.0710. The van der Waals surface area contributed by atoms with Crippen LogP contribution in [0.1, 0.15) is 40.5 Å². The molecule has 0 spiro atoms. The van der Waals surface area contributed by atoms with Crippen molar-refractivity contribution >= 4 is 23.9 Å². The molecule has 110 valence electrons. The first-order valence-corrected chi connectivity index (χ1v) is 6.31. The van der Waals surface area contributed by atoms with Crippen molar-refractivity contribution in [3.8, 4) is 0 Å². The lowest BCUT2D eigenvalue weighted by Crippen LogP contribution is -1.94. The first-order chi connectivity index (χ1) is 8.35. The molecule has 1 saturated heterocycles. The minimum Gasteiger partial charge on any atom is -0.481 e. The van der Waals surface area contributed by atoms with Crippen LogP contribution in [0.4, 0.5) is 0 Å². The molecule has 18 heavy (non-hydrogen) atoms. The molecule has 0 aromatic carbocycles. The molecule has 1 heterocycles. The normalized spacial score (nSPS) is 16.4. The fourth-order valence-corrected chi connectivity index (χ4v) is 0.0962. The Morgan fingerprint density at radius 2 is 1.78 bits per heavy atom. The Labute approximate surface area is 114 Å². The number of carboxylic acids is 1. The lowest BCUT2D eigenvalue weighted by atomic mass is 10.5. The summed E-state index contributed by atoms with van der Waals surface area (Å²) in [5.41, 5.74) is 0. The van der Waals surface area contributed by atoms with Gasteiger partial charge in [-0.1, -0.05) is 13.8 Å². The van der Waals surface area contributed by atoms with E-state index in [1.165, 1.54) is 0 Å². The number of hydrogen-bond donors (Lipinski definition) is 2. The van der Waals surface area contributed by atoms with E-state index >= 15 is 0 Å². The number of carbonyl (C=O) groups excluding carboxylic acids is 1. The number of aliphatic hydroxyl groups is 1. The van der Waals surface area contributed by atoms with Gasteiger partial charge in [-0.25, -0.2) is 0 Å². The molecule has 5 nitrogen and oxygen atoms in total. The van der Waals surface area contributed by atoms with Gasteiger partial charge in [0.1, 0.15) is 6.29 Å². The third-order valence-corrected chi connectivity index (χ3v) is 1.36. The number of alkyl halides is 1. The van der Waals surface area contributed by atoms with Gasteiger partial charge in [-0.05, 0) is 13.8 Å². The van der Waals surface area contributed by atoms with Crippen LogP contribution in [-0.2, 0) is 14.3 Å². The molecule has 2 N–H and O–H groups in total. The lowest BCUT2D eigenvalue weighted by molar-refractivity contribution is -0.136. The summed E-state index contributed by atoms with van der Waals surface area (Å²) in [5, 5.41) is 15.6. The maximum atomic E-state index is 9.37. The third kappa shape index (κ3) is 58.5. The second-order valence-corrected chi connectivity index (χ2v) is 4.17. The molecule has 1 rings (SSSR count). The molecular formula is C12H25ClO5. The van der Waals surface area contributed by atoms with Crippen LogP contribution >= 0.6 is 11.6 Å². The number of aldehydes is 1. The van der Waals surface area contributed by atoms with Crippen LogP contribution in [0.15, 0.2) is 0 Å². The zero-order valence-corrected chi connectivity index (χ0v) is 12.3. The SMILES string of the molecule is CC(Cl)CO.CC1CO1.CCC(=O)O.CCC=O. The maximum absolute atomic E-state index is 9.37. The summed E-state index contributed by atoms with van der Waals surface area (Å²) in [6, 6.07) is 0. The first kappa shape index (κ1) is 22.5. The van der Waals surface area contributed by atoms with Gasteiger partial charge < -0.3 is 19.7 Å². The van der Waals surface area contributed by atoms with Crippen molar-refractivity contribution in [1.29, 1.82) is 0 Å². The van der Waals surface area contributed by atoms with Gasteiger partial charge in [-0.3, -0.25) is 4.79 Å². The molecule has 0 saturated carbocycles. The van der Waals surface area contributed by atoms with Crippen LogP contribution in [0.25, 0.3) is 0 Å². The van der Waals surface area contributed by atoms with Gasteiger partial charge >= 0.3 is 5.97 Å². The van der Waals surface area contributed by atoms with Crippen LogP contribution in [0.2, 0.25) is 0 Å². The molecule has 0 aliphatic carbocycles. The van der Waals surface area contributed by atoms with Crippen molar-refractivity contribution in [2.75, 3.05) is 13.2 Å². The van der Waals surface area contributed by atoms with Gasteiger partial charge in [0.25, 0.3) is 0 Å².